The van der Waals surface area contributed by atoms with E-state index in [1.807, 2.05) is 0 Å². The van der Waals surface area contributed by atoms with Gasteiger partial charge in [-0.15, -0.1) is 0 Å². The molecule has 0 atom stereocenters. The highest BCUT2D eigenvalue weighted by Crippen LogP contribution is 2.28. The van der Waals surface area contributed by atoms with Crippen LogP contribution in [0.4, 0.5) is 5.69 Å². The molecule has 2 rings (SSSR count). The van der Waals surface area contributed by atoms with Crippen LogP contribution in [0.15, 0.2) is 39.8 Å². The maximum absolute atomic E-state index is 12.6. The number of furan rings is 1. The van der Waals surface area contributed by atoms with Gasteiger partial charge in [0.15, 0.2) is 0 Å². The van der Waals surface area contributed by atoms with Crippen LogP contribution in [0.25, 0.3) is 0 Å². The molecule has 1 aromatic heterocycles. The van der Waals surface area contributed by atoms with Crippen molar-refractivity contribution in [2.45, 2.75) is 18.4 Å². The largest absolute Gasteiger partial charge is 0.468 e. The average molecular weight is 315 g/mol. The van der Waals surface area contributed by atoms with E-state index in [-0.39, 0.29) is 16.5 Å². The number of hydrogen-bond donors (Lipinski definition) is 1. The van der Waals surface area contributed by atoms with E-state index in [4.69, 9.17) is 21.8 Å². The lowest BCUT2D eigenvalue weighted by molar-refractivity contribution is 0.406. The van der Waals surface area contributed by atoms with E-state index in [1.54, 1.807) is 19.1 Å². The number of nitrogen functional groups attached to an aromatic ring is 1. The van der Waals surface area contributed by atoms with E-state index in [0.717, 1.165) is 0 Å². The van der Waals surface area contributed by atoms with Crippen LogP contribution in [0, 0.1) is 6.92 Å². The summed E-state index contributed by atoms with van der Waals surface area (Å²) in [7, 11) is -2.20. The van der Waals surface area contributed by atoms with Gasteiger partial charge in [0, 0.05) is 17.8 Å². The second-order valence-electron chi connectivity index (χ2n) is 4.46. The number of nitrogens with zero attached hydrogens (tertiary/aromatic N) is 1. The molecule has 0 aliphatic carbocycles. The first-order valence-corrected chi connectivity index (χ1v) is 7.68. The van der Waals surface area contributed by atoms with Crippen molar-refractivity contribution in [2.75, 3.05) is 12.8 Å². The topological polar surface area (TPSA) is 76.5 Å². The first-order valence-electron chi connectivity index (χ1n) is 5.86. The van der Waals surface area contributed by atoms with Gasteiger partial charge in [0.1, 0.15) is 5.76 Å². The first kappa shape index (κ1) is 14.9. The van der Waals surface area contributed by atoms with Gasteiger partial charge in [-0.3, -0.25) is 0 Å². The molecule has 20 heavy (non-hydrogen) atoms. The van der Waals surface area contributed by atoms with Crippen LogP contribution in [0.5, 0.6) is 0 Å². The van der Waals surface area contributed by atoms with E-state index >= 15 is 0 Å². The van der Waals surface area contributed by atoms with Gasteiger partial charge in [-0.05, 0) is 36.8 Å². The molecule has 0 spiro atoms. The Balaban J connectivity index is 2.40. The van der Waals surface area contributed by atoms with Crippen LogP contribution in [-0.2, 0) is 16.6 Å². The Hall–Kier alpha value is -1.50. The SMILES string of the molecule is Cc1c(N)cc(Cl)cc1S(=O)(=O)N(C)Cc1ccco1. The van der Waals surface area contributed by atoms with Crippen LogP contribution in [0.1, 0.15) is 11.3 Å². The predicted molar refractivity (Wildman–Crippen MR) is 78.0 cm³/mol. The molecule has 1 aromatic carbocycles. The monoisotopic (exact) mass is 314 g/mol. The Morgan fingerprint density at radius 3 is 2.70 bits per heavy atom. The van der Waals surface area contributed by atoms with Gasteiger partial charge < -0.3 is 10.2 Å². The molecule has 0 fully saturated rings. The molecule has 0 radical (unpaired) electrons. The number of benzene rings is 1. The van der Waals surface area contributed by atoms with Crippen LogP contribution >= 0.6 is 11.6 Å². The minimum absolute atomic E-state index is 0.108. The number of hydrogen-bond acceptors (Lipinski definition) is 4. The Bertz CT molecular complexity index is 711. The van der Waals surface area contributed by atoms with E-state index in [1.165, 1.54) is 29.7 Å². The molecule has 0 amide bonds. The first-order chi connectivity index (χ1) is 9.32. The highest BCUT2D eigenvalue weighted by atomic mass is 35.5. The molecule has 2 aromatic rings. The molecule has 0 aliphatic heterocycles. The molecule has 0 aliphatic rings. The minimum Gasteiger partial charge on any atom is -0.468 e. The van der Waals surface area contributed by atoms with Crippen LogP contribution < -0.4 is 5.73 Å². The molecule has 0 unspecified atom stereocenters. The summed E-state index contributed by atoms with van der Waals surface area (Å²) >= 11 is 5.89. The summed E-state index contributed by atoms with van der Waals surface area (Å²) in [6.07, 6.45) is 1.50. The van der Waals surface area contributed by atoms with Gasteiger partial charge in [0.25, 0.3) is 0 Å². The predicted octanol–water partition coefficient (Wildman–Crippen LogP) is 2.64. The van der Waals surface area contributed by atoms with Crippen molar-refractivity contribution < 1.29 is 12.8 Å². The average Bonchev–Trinajstić information content (AvgIpc) is 2.86. The van der Waals surface area contributed by atoms with Crippen molar-refractivity contribution in [1.29, 1.82) is 0 Å². The second-order valence-corrected chi connectivity index (χ2v) is 6.91. The van der Waals surface area contributed by atoms with Gasteiger partial charge in [-0.25, -0.2) is 8.42 Å². The molecule has 7 heteroatoms. The molecular weight excluding hydrogens is 300 g/mol. The van der Waals surface area contributed by atoms with Gasteiger partial charge in [-0.2, -0.15) is 4.31 Å². The zero-order valence-electron chi connectivity index (χ0n) is 11.1. The zero-order valence-corrected chi connectivity index (χ0v) is 12.7. The van der Waals surface area contributed by atoms with Crippen molar-refractivity contribution in [2.24, 2.45) is 0 Å². The van der Waals surface area contributed by atoms with E-state index in [0.29, 0.717) is 17.0 Å². The third-order valence-corrected chi connectivity index (χ3v) is 5.16. The third-order valence-electron chi connectivity index (χ3n) is 3.01. The number of anilines is 1. The summed E-state index contributed by atoms with van der Waals surface area (Å²) < 4.78 is 31.5. The maximum atomic E-state index is 12.6. The van der Waals surface area contributed by atoms with Gasteiger partial charge in [0.05, 0.1) is 17.7 Å². The van der Waals surface area contributed by atoms with Crippen LogP contribution in [-0.4, -0.2) is 19.8 Å². The van der Waals surface area contributed by atoms with Crippen molar-refractivity contribution in [3.8, 4) is 0 Å². The fourth-order valence-corrected chi connectivity index (χ4v) is 3.52. The van der Waals surface area contributed by atoms with E-state index < -0.39 is 10.0 Å². The second kappa shape index (κ2) is 5.47. The molecule has 2 N–H and O–H groups in total. The summed E-state index contributed by atoms with van der Waals surface area (Å²) in [5.41, 5.74) is 6.60. The summed E-state index contributed by atoms with van der Waals surface area (Å²) in [4.78, 5) is 0.108. The highest BCUT2D eigenvalue weighted by Gasteiger charge is 2.25. The van der Waals surface area contributed by atoms with Gasteiger partial charge in [0.2, 0.25) is 10.0 Å². The minimum atomic E-state index is -3.68. The lowest BCUT2D eigenvalue weighted by Crippen LogP contribution is -2.27. The molecule has 0 bridgehead atoms. The summed E-state index contributed by atoms with van der Waals surface area (Å²) in [6, 6.07) is 6.35. The summed E-state index contributed by atoms with van der Waals surface area (Å²) in [5.74, 6) is 0.559. The highest BCUT2D eigenvalue weighted by molar-refractivity contribution is 7.89. The Morgan fingerprint density at radius 2 is 2.10 bits per heavy atom. The van der Waals surface area contributed by atoms with Gasteiger partial charge in [-0.1, -0.05) is 11.6 Å². The summed E-state index contributed by atoms with van der Waals surface area (Å²) in [5, 5.41) is 0.290. The smallest absolute Gasteiger partial charge is 0.243 e. The van der Waals surface area contributed by atoms with Crippen molar-refractivity contribution >= 4 is 27.3 Å². The number of nitrogens with two attached hydrogens (primary N) is 1. The molecule has 0 saturated heterocycles. The molecule has 1 heterocycles. The normalized spacial score (nSPS) is 12.0. The van der Waals surface area contributed by atoms with Crippen molar-refractivity contribution in [3.63, 3.8) is 0 Å². The summed E-state index contributed by atoms with van der Waals surface area (Å²) in [6.45, 7) is 1.79. The Morgan fingerprint density at radius 1 is 1.40 bits per heavy atom. The Kier molecular flexibility index (Phi) is 4.08. The molecule has 5 nitrogen and oxygen atoms in total. The zero-order chi connectivity index (χ0) is 14.9. The fraction of sp³-hybridized carbons (Fsp3) is 0.231. The lowest BCUT2D eigenvalue weighted by Gasteiger charge is -2.18. The third kappa shape index (κ3) is 2.82. The van der Waals surface area contributed by atoms with E-state index in [2.05, 4.69) is 0 Å². The lowest BCUT2D eigenvalue weighted by atomic mass is 10.2. The molecule has 108 valence electrons. The van der Waals surface area contributed by atoms with Gasteiger partial charge >= 0.3 is 0 Å². The molecular formula is C13H15ClN2O3S. The number of halogens is 1. The van der Waals surface area contributed by atoms with Crippen molar-refractivity contribution in [1.82, 2.24) is 4.31 Å². The van der Waals surface area contributed by atoms with Crippen LogP contribution in [0.3, 0.4) is 0 Å². The van der Waals surface area contributed by atoms with Crippen molar-refractivity contribution in [3.05, 3.63) is 46.9 Å². The fourth-order valence-electron chi connectivity index (χ4n) is 1.82. The maximum Gasteiger partial charge on any atom is 0.243 e. The van der Waals surface area contributed by atoms with E-state index in [9.17, 15) is 8.42 Å². The van der Waals surface area contributed by atoms with Crippen LogP contribution in [0.2, 0.25) is 5.02 Å². The number of sulfonamides is 1. The number of rotatable bonds is 4. The quantitative estimate of drug-likeness (QED) is 0.880. The standard InChI is InChI=1S/C13H15ClN2O3S/c1-9-12(15)6-10(14)7-13(9)20(17,18)16(2)8-11-4-3-5-19-11/h3-7H,8,15H2,1-2H3. The molecule has 0 saturated carbocycles. The Labute approximate surface area is 123 Å².